The van der Waals surface area contributed by atoms with E-state index in [1.165, 1.54) is 22.0 Å². The van der Waals surface area contributed by atoms with Crippen LogP contribution < -0.4 is 0 Å². The van der Waals surface area contributed by atoms with Crippen molar-refractivity contribution < 1.29 is 4.79 Å². The van der Waals surface area contributed by atoms with Crippen molar-refractivity contribution in [2.24, 2.45) is 7.05 Å². The van der Waals surface area contributed by atoms with Gasteiger partial charge in [0.2, 0.25) is 5.91 Å². The molecule has 0 saturated heterocycles. The Bertz CT molecular complexity index is 1050. The predicted molar refractivity (Wildman–Crippen MR) is 111 cm³/mol. The summed E-state index contributed by atoms with van der Waals surface area (Å²) in [7, 11) is 2.06. The van der Waals surface area contributed by atoms with Crippen LogP contribution in [0.15, 0.2) is 65.9 Å². The Morgan fingerprint density at radius 2 is 1.74 bits per heavy atom. The van der Waals surface area contributed by atoms with Crippen molar-refractivity contribution in [1.29, 1.82) is 0 Å². The number of hydrogen-bond acceptors (Lipinski definition) is 1. The van der Waals surface area contributed by atoms with E-state index in [1.54, 1.807) is 0 Å². The molecular weight excluding hydrogens is 356 g/mol. The molecule has 4 rings (SSSR count). The van der Waals surface area contributed by atoms with E-state index in [0.29, 0.717) is 6.54 Å². The number of carbonyl (C=O) groups excluding carboxylic acids is 1. The highest BCUT2D eigenvalue weighted by molar-refractivity contribution is 6.30. The van der Waals surface area contributed by atoms with Crippen LogP contribution in [0.3, 0.4) is 0 Å². The molecule has 0 unspecified atom stereocenters. The Kier molecular flexibility index (Phi) is 4.56. The molecule has 3 aromatic rings. The van der Waals surface area contributed by atoms with Gasteiger partial charge in [0.15, 0.2) is 0 Å². The zero-order chi connectivity index (χ0) is 19.1. The number of amides is 1. The number of nitrogens with zero attached hydrogens (tertiary/aromatic N) is 2. The van der Waals surface area contributed by atoms with Crippen LogP contribution in [-0.2, 0) is 18.3 Å². The minimum absolute atomic E-state index is 0.00380. The molecule has 1 aliphatic rings. The van der Waals surface area contributed by atoms with E-state index in [9.17, 15) is 4.79 Å². The molecule has 1 atom stereocenters. The number of para-hydroxylation sites is 1. The average molecular weight is 379 g/mol. The van der Waals surface area contributed by atoms with Crippen LogP contribution in [0.4, 0.5) is 0 Å². The normalized spacial score (nSPS) is 17.4. The lowest BCUT2D eigenvalue weighted by Crippen LogP contribution is -2.32. The first-order chi connectivity index (χ1) is 13.0. The minimum Gasteiger partial charge on any atom is -0.350 e. The van der Waals surface area contributed by atoms with Gasteiger partial charge in [-0.1, -0.05) is 41.9 Å². The summed E-state index contributed by atoms with van der Waals surface area (Å²) >= 11 is 5.99. The van der Waals surface area contributed by atoms with Crippen molar-refractivity contribution in [3.05, 3.63) is 82.0 Å². The number of aromatic nitrogens is 1. The molecule has 0 bridgehead atoms. The van der Waals surface area contributed by atoms with Gasteiger partial charge >= 0.3 is 0 Å². The number of aryl methyl sites for hydroxylation is 1. The second kappa shape index (κ2) is 6.90. The Balaban J connectivity index is 1.69. The lowest BCUT2D eigenvalue weighted by Gasteiger charge is -2.26. The first-order valence-electron chi connectivity index (χ1n) is 9.24. The van der Waals surface area contributed by atoms with E-state index in [1.807, 2.05) is 36.1 Å². The maximum atomic E-state index is 13.0. The fraction of sp³-hybridized carbons (Fsp3) is 0.261. The first kappa shape index (κ1) is 17.9. The molecule has 1 aromatic heterocycles. The second-order valence-electron chi connectivity index (χ2n) is 7.30. The molecule has 0 fully saturated rings. The molecule has 2 heterocycles. The summed E-state index contributed by atoms with van der Waals surface area (Å²) in [6.45, 7) is 4.71. The van der Waals surface area contributed by atoms with Gasteiger partial charge in [-0.2, -0.15) is 0 Å². The summed E-state index contributed by atoms with van der Waals surface area (Å²) in [4.78, 5) is 15.0. The molecule has 4 heteroatoms. The van der Waals surface area contributed by atoms with Crippen molar-refractivity contribution in [3.8, 4) is 0 Å². The van der Waals surface area contributed by atoms with E-state index < -0.39 is 0 Å². The number of carbonyl (C=O) groups is 1. The van der Waals surface area contributed by atoms with Crippen molar-refractivity contribution in [1.82, 2.24) is 9.47 Å². The summed E-state index contributed by atoms with van der Waals surface area (Å²) in [5.74, 6) is 0.138. The fourth-order valence-electron chi connectivity index (χ4n) is 4.06. The number of benzene rings is 2. The minimum atomic E-state index is -0.00380. The highest BCUT2D eigenvalue weighted by atomic mass is 35.5. The van der Waals surface area contributed by atoms with Crippen molar-refractivity contribution >= 4 is 28.4 Å². The van der Waals surface area contributed by atoms with Gasteiger partial charge in [0.1, 0.15) is 0 Å². The summed E-state index contributed by atoms with van der Waals surface area (Å²) in [5.41, 5.74) is 5.59. The zero-order valence-corrected chi connectivity index (χ0v) is 16.6. The fourth-order valence-corrected chi connectivity index (χ4v) is 4.19. The highest BCUT2D eigenvalue weighted by Crippen LogP contribution is 2.40. The van der Waals surface area contributed by atoms with Gasteiger partial charge in [-0.05, 0) is 49.6 Å². The van der Waals surface area contributed by atoms with E-state index in [4.69, 9.17) is 11.6 Å². The molecule has 2 aromatic carbocycles. The van der Waals surface area contributed by atoms with Crippen LogP contribution in [-0.4, -0.2) is 21.9 Å². The predicted octanol–water partition coefficient (Wildman–Crippen LogP) is 5.29. The average Bonchev–Trinajstić information content (AvgIpc) is 3.11. The van der Waals surface area contributed by atoms with Gasteiger partial charge in [0.05, 0.1) is 6.04 Å². The number of halogens is 1. The quantitative estimate of drug-likeness (QED) is 0.605. The Hall–Kier alpha value is -2.52. The topological polar surface area (TPSA) is 25.2 Å². The van der Waals surface area contributed by atoms with Gasteiger partial charge in [-0.25, -0.2) is 0 Å². The maximum Gasteiger partial charge on any atom is 0.250 e. The molecule has 0 saturated carbocycles. The third kappa shape index (κ3) is 3.06. The molecule has 27 heavy (non-hydrogen) atoms. The monoisotopic (exact) mass is 378 g/mol. The first-order valence-corrected chi connectivity index (χ1v) is 9.62. The highest BCUT2D eigenvalue weighted by Gasteiger charge is 2.36. The van der Waals surface area contributed by atoms with E-state index in [2.05, 4.69) is 49.0 Å². The van der Waals surface area contributed by atoms with Gasteiger partial charge in [-0.3, -0.25) is 4.79 Å². The van der Waals surface area contributed by atoms with Gasteiger partial charge in [0, 0.05) is 46.9 Å². The van der Waals surface area contributed by atoms with Crippen LogP contribution in [0.25, 0.3) is 10.9 Å². The summed E-state index contributed by atoms with van der Waals surface area (Å²) in [6.07, 6.45) is 2.98. The van der Waals surface area contributed by atoms with Gasteiger partial charge in [0.25, 0.3) is 0 Å². The van der Waals surface area contributed by atoms with Crippen molar-refractivity contribution in [3.63, 3.8) is 0 Å². The van der Waals surface area contributed by atoms with Crippen LogP contribution in [0.2, 0.25) is 5.02 Å². The lowest BCUT2D eigenvalue weighted by molar-refractivity contribution is -0.127. The van der Waals surface area contributed by atoms with E-state index in [0.717, 1.165) is 22.6 Å². The molecular formula is C23H23ClN2O. The van der Waals surface area contributed by atoms with Crippen molar-refractivity contribution in [2.45, 2.75) is 26.3 Å². The van der Waals surface area contributed by atoms with E-state index in [-0.39, 0.29) is 11.9 Å². The van der Waals surface area contributed by atoms with E-state index >= 15 is 0 Å². The smallest absolute Gasteiger partial charge is 0.250 e. The molecule has 1 amide bonds. The number of fused-ring (bicyclic) bond motifs is 1. The Morgan fingerprint density at radius 1 is 1.04 bits per heavy atom. The molecule has 0 radical (unpaired) electrons. The molecule has 0 spiro atoms. The maximum absolute atomic E-state index is 13.0. The second-order valence-corrected chi connectivity index (χ2v) is 7.73. The molecule has 0 N–H and O–H groups in total. The number of rotatable bonds is 4. The van der Waals surface area contributed by atoms with Gasteiger partial charge < -0.3 is 9.47 Å². The Morgan fingerprint density at radius 3 is 2.48 bits per heavy atom. The van der Waals surface area contributed by atoms with Crippen molar-refractivity contribution in [2.75, 3.05) is 6.54 Å². The zero-order valence-electron chi connectivity index (χ0n) is 15.9. The molecule has 3 nitrogen and oxygen atoms in total. The molecule has 138 valence electrons. The van der Waals surface area contributed by atoms with Gasteiger partial charge in [-0.15, -0.1) is 0 Å². The molecule has 0 aliphatic carbocycles. The third-order valence-electron chi connectivity index (χ3n) is 5.67. The summed E-state index contributed by atoms with van der Waals surface area (Å²) in [6, 6.07) is 16.2. The summed E-state index contributed by atoms with van der Waals surface area (Å²) < 4.78 is 2.15. The lowest BCUT2D eigenvalue weighted by atomic mass is 9.98. The standard InChI is InChI=1S/C23H23ClN2O/c1-15-16(2)23(27)26(13-12-17-8-10-18(24)11-9-17)22(15)20-14-25(3)21-7-5-4-6-19(20)21/h4-11,14,22H,12-13H2,1-3H3/t22-/m1/s1. The number of hydrogen-bond donors (Lipinski definition) is 0. The largest absolute Gasteiger partial charge is 0.350 e. The Labute approximate surface area is 164 Å². The van der Waals surface area contributed by atoms with Crippen LogP contribution in [0, 0.1) is 0 Å². The van der Waals surface area contributed by atoms with Crippen LogP contribution >= 0.6 is 11.6 Å². The van der Waals surface area contributed by atoms with Crippen LogP contribution in [0.1, 0.15) is 31.0 Å². The van der Waals surface area contributed by atoms with Crippen LogP contribution in [0.5, 0.6) is 0 Å². The summed E-state index contributed by atoms with van der Waals surface area (Å²) in [5, 5.41) is 1.95. The SMILES string of the molecule is CC1=C(C)[C@H](c2cn(C)c3ccccc23)N(CCc2ccc(Cl)cc2)C1=O. The molecule has 1 aliphatic heterocycles. The third-order valence-corrected chi connectivity index (χ3v) is 5.92.